The Kier molecular flexibility index (Phi) is 6.31. The number of thiazole rings is 1. The Bertz CT molecular complexity index is 1730. The molecule has 0 fully saturated rings. The van der Waals surface area contributed by atoms with E-state index >= 15 is 0 Å². The van der Waals surface area contributed by atoms with Gasteiger partial charge < -0.3 is 14.5 Å². The van der Waals surface area contributed by atoms with Gasteiger partial charge in [0.25, 0.3) is 0 Å². The smallest absolute Gasteiger partial charge is 0.345 e. The summed E-state index contributed by atoms with van der Waals surface area (Å²) in [4.78, 5) is 29.1. The Morgan fingerprint density at radius 2 is 1.94 bits per heavy atom. The number of nitrogens with one attached hydrogen (secondary N) is 1. The third-order valence-electron chi connectivity index (χ3n) is 5.55. The fourth-order valence-corrected chi connectivity index (χ4v) is 4.57. The molecule has 7 nitrogen and oxygen atoms in total. The molecule has 36 heavy (non-hydrogen) atoms. The average molecular weight is 494 g/mol. The molecule has 176 valence electrons. The highest BCUT2D eigenvalue weighted by Crippen LogP contribution is 2.30. The highest BCUT2D eigenvalue weighted by Gasteiger charge is 2.15. The molecule has 0 saturated heterocycles. The Balaban J connectivity index is 1.43. The van der Waals surface area contributed by atoms with Crippen molar-refractivity contribution in [2.24, 2.45) is 0 Å². The van der Waals surface area contributed by atoms with E-state index in [1.54, 1.807) is 54.9 Å². The summed E-state index contributed by atoms with van der Waals surface area (Å²) >= 11 is 1.26. The maximum absolute atomic E-state index is 12.7. The van der Waals surface area contributed by atoms with Gasteiger partial charge in [-0.3, -0.25) is 0 Å². The maximum atomic E-state index is 12.7. The molecule has 0 atom stereocenters. The third-order valence-corrected chi connectivity index (χ3v) is 6.43. The normalized spacial score (nSPS) is 11.4. The van der Waals surface area contributed by atoms with Crippen LogP contribution in [0.5, 0.6) is 0 Å². The van der Waals surface area contributed by atoms with Crippen LogP contribution in [0.2, 0.25) is 0 Å². The zero-order chi connectivity index (χ0) is 25.1. The van der Waals surface area contributed by atoms with Gasteiger partial charge in [-0.1, -0.05) is 30.3 Å². The summed E-state index contributed by atoms with van der Waals surface area (Å²) in [5.41, 5.74) is 2.23. The van der Waals surface area contributed by atoms with Crippen LogP contribution in [0, 0.1) is 11.3 Å². The van der Waals surface area contributed by atoms with Crippen LogP contribution in [0.1, 0.15) is 22.3 Å². The zero-order valence-corrected chi connectivity index (χ0v) is 20.0. The number of hydrogen-bond donors (Lipinski definition) is 1. The van der Waals surface area contributed by atoms with Crippen LogP contribution in [0.3, 0.4) is 0 Å². The summed E-state index contributed by atoms with van der Waals surface area (Å²) in [6.07, 6.45) is 1.54. The predicted molar refractivity (Wildman–Crippen MR) is 141 cm³/mol. The molecule has 2 heterocycles. The molecule has 8 heteroatoms. The summed E-state index contributed by atoms with van der Waals surface area (Å²) < 4.78 is 10.6. The molecule has 0 radical (unpaired) electrons. The van der Waals surface area contributed by atoms with Crippen LogP contribution >= 0.6 is 11.3 Å². The zero-order valence-electron chi connectivity index (χ0n) is 19.1. The number of ether oxygens (including phenoxy) is 1. The van der Waals surface area contributed by atoms with E-state index in [1.807, 2.05) is 30.3 Å². The molecule has 0 saturated carbocycles. The van der Waals surface area contributed by atoms with Crippen molar-refractivity contribution in [3.05, 3.63) is 99.3 Å². The second-order valence-electron chi connectivity index (χ2n) is 7.80. The van der Waals surface area contributed by atoms with Gasteiger partial charge in [0, 0.05) is 22.7 Å². The van der Waals surface area contributed by atoms with Crippen LogP contribution in [0.4, 0.5) is 5.69 Å². The molecule has 0 aliphatic carbocycles. The number of fused-ring (bicyclic) bond motifs is 3. The van der Waals surface area contributed by atoms with Crippen molar-refractivity contribution in [2.45, 2.75) is 6.92 Å². The van der Waals surface area contributed by atoms with Crippen molar-refractivity contribution in [2.75, 3.05) is 11.9 Å². The van der Waals surface area contributed by atoms with Crippen LogP contribution in [-0.4, -0.2) is 17.6 Å². The van der Waals surface area contributed by atoms with Gasteiger partial charge in [0.05, 0.1) is 23.4 Å². The number of benzene rings is 3. The van der Waals surface area contributed by atoms with Gasteiger partial charge in [-0.15, -0.1) is 11.3 Å². The molecule has 0 bridgehead atoms. The van der Waals surface area contributed by atoms with Crippen molar-refractivity contribution >= 4 is 50.3 Å². The minimum absolute atomic E-state index is 0.302. The largest absolute Gasteiger partial charge is 0.462 e. The minimum Gasteiger partial charge on any atom is -0.462 e. The first-order valence-corrected chi connectivity index (χ1v) is 12.0. The van der Waals surface area contributed by atoms with Crippen molar-refractivity contribution in [3.8, 4) is 17.3 Å². The lowest BCUT2D eigenvalue weighted by Crippen LogP contribution is -2.04. The molecular formula is C28H19N3O4S. The summed E-state index contributed by atoms with van der Waals surface area (Å²) in [5.74, 6) is -0.390. The minimum atomic E-state index is -0.489. The molecular weight excluding hydrogens is 474 g/mol. The van der Waals surface area contributed by atoms with E-state index in [1.165, 1.54) is 11.3 Å². The summed E-state index contributed by atoms with van der Waals surface area (Å²) in [6, 6.07) is 22.2. The van der Waals surface area contributed by atoms with Gasteiger partial charge in [0.2, 0.25) is 0 Å². The second kappa shape index (κ2) is 9.86. The molecule has 0 spiro atoms. The SMILES string of the molecule is CCOC(=O)c1ccc(N/C=C(\C#N)c2nc(-c3cc4c(ccc5ccccc54)oc3=O)cs2)cc1. The third kappa shape index (κ3) is 4.48. The number of carbonyl (C=O) groups is 1. The Hall–Kier alpha value is -4.74. The van der Waals surface area contributed by atoms with Crippen LogP contribution in [0.25, 0.3) is 38.6 Å². The molecule has 0 aliphatic rings. The number of anilines is 1. The molecule has 1 N–H and O–H groups in total. The van der Waals surface area contributed by atoms with E-state index in [-0.39, 0.29) is 0 Å². The van der Waals surface area contributed by atoms with E-state index in [9.17, 15) is 14.9 Å². The second-order valence-corrected chi connectivity index (χ2v) is 8.65. The van der Waals surface area contributed by atoms with Crippen molar-refractivity contribution in [1.82, 2.24) is 4.98 Å². The Morgan fingerprint density at radius 1 is 1.14 bits per heavy atom. The molecule has 3 aromatic carbocycles. The quantitative estimate of drug-likeness (QED) is 0.129. The van der Waals surface area contributed by atoms with Gasteiger partial charge in [0.1, 0.15) is 22.2 Å². The van der Waals surface area contributed by atoms with Gasteiger partial charge in [0.15, 0.2) is 0 Å². The van der Waals surface area contributed by atoms with Gasteiger partial charge >= 0.3 is 11.6 Å². The first-order chi connectivity index (χ1) is 17.6. The van der Waals surface area contributed by atoms with E-state index in [0.717, 1.165) is 16.2 Å². The summed E-state index contributed by atoms with van der Waals surface area (Å²) in [7, 11) is 0. The van der Waals surface area contributed by atoms with Crippen LogP contribution in [-0.2, 0) is 4.74 Å². The molecule has 0 amide bonds. The van der Waals surface area contributed by atoms with Crippen LogP contribution in [0.15, 0.2) is 87.5 Å². The van der Waals surface area contributed by atoms with Crippen LogP contribution < -0.4 is 10.9 Å². The first-order valence-electron chi connectivity index (χ1n) is 11.1. The summed E-state index contributed by atoms with van der Waals surface area (Å²) in [6.45, 7) is 2.06. The lowest BCUT2D eigenvalue weighted by Gasteiger charge is -2.05. The average Bonchev–Trinajstić information content (AvgIpc) is 3.39. The number of aromatic nitrogens is 1. The van der Waals surface area contributed by atoms with Crippen molar-refractivity contribution in [3.63, 3.8) is 0 Å². The number of nitriles is 1. The Morgan fingerprint density at radius 3 is 2.72 bits per heavy atom. The lowest BCUT2D eigenvalue weighted by atomic mass is 10.0. The highest BCUT2D eigenvalue weighted by molar-refractivity contribution is 7.11. The predicted octanol–water partition coefficient (Wildman–Crippen LogP) is 6.22. The highest BCUT2D eigenvalue weighted by atomic mass is 32.1. The van der Waals surface area contributed by atoms with Gasteiger partial charge in [-0.2, -0.15) is 5.26 Å². The maximum Gasteiger partial charge on any atom is 0.345 e. The van der Waals surface area contributed by atoms with Gasteiger partial charge in [-0.25, -0.2) is 14.6 Å². The van der Waals surface area contributed by atoms with Gasteiger partial charge in [-0.05, 0) is 54.1 Å². The summed E-state index contributed by atoms with van der Waals surface area (Å²) in [5, 5.41) is 17.8. The standard InChI is InChI=1S/C28H19N3O4S/c1-2-34-27(32)18-7-10-20(11-8-18)30-15-19(14-29)26-31-24(16-36-26)23-13-22-21-6-4-3-5-17(21)9-12-25(22)35-28(23)33/h3-13,15-16,30H,2H2,1H3/b19-15+. The molecule has 5 aromatic rings. The molecule has 0 aliphatic heterocycles. The van der Waals surface area contributed by atoms with E-state index < -0.39 is 11.6 Å². The molecule has 2 aromatic heterocycles. The molecule has 0 unspecified atom stereocenters. The van der Waals surface area contributed by atoms with E-state index in [2.05, 4.69) is 16.4 Å². The first kappa shape index (κ1) is 23.0. The van der Waals surface area contributed by atoms with E-state index in [0.29, 0.717) is 45.3 Å². The van der Waals surface area contributed by atoms with Crippen molar-refractivity contribution in [1.29, 1.82) is 5.26 Å². The number of esters is 1. The fourth-order valence-electron chi connectivity index (χ4n) is 3.79. The Labute approximate surface area is 209 Å². The number of allylic oxidation sites excluding steroid dienone is 1. The lowest BCUT2D eigenvalue weighted by molar-refractivity contribution is 0.0526. The number of rotatable bonds is 6. The molecule has 5 rings (SSSR count). The monoisotopic (exact) mass is 493 g/mol. The fraction of sp³-hybridized carbons (Fsp3) is 0.0714. The topological polar surface area (TPSA) is 105 Å². The van der Waals surface area contributed by atoms with E-state index in [4.69, 9.17) is 9.15 Å². The number of carbonyl (C=O) groups excluding carboxylic acids is 1. The van der Waals surface area contributed by atoms with Crippen molar-refractivity contribution < 1.29 is 13.9 Å². The number of hydrogen-bond acceptors (Lipinski definition) is 8. The number of nitrogens with zero attached hydrogens (tertiary/aromatic N) is 2.